The normalized spacial score (nSPS) is 12.6. The number of carbonyl (C=O) groups excluding carboxylic acids is 3. The van der Waals surface area contributed by atoms with Crippen molar-refractivity contribution >= 4 is 17.6 Å². The van der Waals surface area contributed by atoms with Crippen molar-refractivity contribution in [2.45, 2.75) is 496 Å². The standard InChI is InChI=1S/C101H200N8O3/c1-5-9-13-17-21-25-29-33-37-41-45-49-53-56-60-64-68-77-97(76-67-63-59-55-51-47-43-39-35-31-27-23-19-15-11-7-3)80-82-99(110)94-105-96-104-86-73-90-108(88-71-84-102)92-75-93-109(89-72-85-103)91-74-87-106-101(112)107-95-100(111)83-81-98(78-69-65-61-57-52-48-44-40-36-32-28-24-20-16-12-8-4)79-70-66-62-58-54-50-46-42-38-34-30-26-22-18-14-10-6-2/h23,27,33-34,37-38,97-98,104-105H,5-22,24-26,28-32,35-36,39-96,102-103H2,1-4H3,(H2,106,107,112). The number of amides is 2. The maximum Gasteiger partial charge on any atom is 0.315 e. The first kappa shape index (κ1) is 110. The number of nitrogens with two attached hydrogens (primary N) is 2. The summed E-state index contributed by atoms with van der Waals surface area (Å²) < 4.78 is 0. The fourth-order valence-electron chi connectivity index (χ4n) is 16.5. The zero-order valence-electron chi connectivity index (χ0n) is 76.2. The summed E-state index contributed by atoms with van der Waals surface area (Å²) >= 11 is 0. The molecule has 0 bridgehead atoms. The molecular weight excluding hydrogens is 1370 g/mol. The zero-order chi connectivity index (χ0) is 80.9. The van der Waals surface area contributed by atoms with Gasteiger partial charge in [0.25, 0.3) is 0 Å². The van der Waals surface area contributed by atoms with Gasteiger partial charge in [0.15, 0.2) is 5.78 Å². The van der Waals surface area contributed by atoms with Crippen LogP contribution in [-0.4, -0.2) is 113 Å². The van der Waals surface area contributed by atoms with Gasteiger partial charge in [-0.1, -0.05) is 398 Å². The molecule has 2 amide bonds. The minimum absolute atomic E-state index is 0.113. The molecule has 0 aromatic rings. The minimum atomic E-state index is -0.237. The van der Waals surface area contributed by atoms with Crippen LogP contribution in [0.25, 0.3) is 0 Å². The molecular formula is C101H200N8O3. The van der Waals surface area contributed by atoms with Gasteiger partial charge in [-0.25, -0.2) is 4.79 Å². The number of urea groups is 1. The van der Waals surface area contributed by atoms with Gasteiger partial charge in [0.2, 0.25) is 0 Å². The molecule has 0 radical (unpaired) electrons. The number of Topliss-reactive ketones (excluding diaryl/α,β-unsaturated/α-hetero) is 2. The van der Waals surface area contributed by atoms with Crippen molar-refractivity contribution in [3.8, 4) is 0 Å². The molecule has 112 heavy (non-hydrogen) atoms. The molecule has 662 valence electrons. The van der Waals surface area contributed by atoms with Gasteiger partial charge in [0.1, 0.15) is 5.78 Å². The van der Waals surface area contributed by atoms with Crippen LogP contribution in [-0.2, 0) is 9.59 Å². The third kappa shape index (κ3) is 88.4. The maximum atomic E-state index is 13.3. The van der Waals surface area contributed by atoms with Crippen molar-refractivity contribution in [3.05, 3.63) is 36.5 Å². The lowest BCUT2D eigenvalue weighted by Crippen LogP contribution is -2.40. The highest BCUT2D eigenvalue weighted by Crippen LogP contribution is 2.27. The Bertz CT molecular complexity index is 1950. The quantitative estimate of drug-likeness (QED) is 0.0198. The summed E-state index contributed by atoms with van der Waals surface area (Å²) in [5, 5.41) is 13.0. The van der Waals surface area contributed by atoms with Crippen LogP contribution in [0, 0.1) is 11.8 Å². The Labute approximate surface area is 700 Å². The monoisotopic (exact) mass is 1570 g/mol. The van der Waals surface area contributed by atoms with E-state index in [1.54, 1.807) is 0 Å². The highest BCUT2D eigenvalue weighted by Gasteiger charge is 2.16. The summed E-state index contributed by atoms with van der Waals surface area (Å²) in [5.74, 6) is 1.80. The number of unbranched alkanes of at least 4 members (excludes halogenated alkanes) is 53. The van der Waals surface area contributed by atoms with E-state index in [1.165, 1.54) is 411 Å². The van der Waals surface area contributed by atoms with Gasteiger partial charge in [0, 0.05) is 26.1 Å². The lowest BCUT2D eigenvalue weighted by atomic mass is 9.89. The molecule has 2 unspecified atom stereocenters. The van der Waals surface area contributed by atoms with E-state index < -0.39 is 0 Å². The summed E-state index contributed by atoms with van der Waals surface area (Å²) in [5.41, 5.74) is 12.0. The first-order valence-electron chi connectivity index (χ1n) is 50.6. The number of nitrogens with one attached hydrogen (secondary N) is 4. The van der Waals surface area contributed by atoms with Gasteiger partial charge < -0.3 is 37.2 Å². The van der Waals surface area contributed by atoms with Gasteiger partial charge in [-0.15, -0.1) is 0 Å². The van der Waals surface area contributed by atoms with Crippen molar-refractivity contribution in [1.82, 2.24) is 31.1 Å². The largest absolute Gasteiger partial charge is 0.338 e. The Hall–Kier alpha value is -2.41. The summed E-state index contributed by atoms with van der Waals surface area (Å²) in [4.78, 5) is 44.6. The SMILES string of the molecule is CCCCCC=CCCCCCCCCCCCC(CCCCCCCCCC=CCCCCCCCC)CCC(=O)CNCNCCCN(CCCN)CCCN(CCCN)CCCNC(=O)NCC(=O)CCC(CCCCCCCCCC=CCCCCCCCC)CCCCCCCCCCCCCCCCCC. The van der Waals surface area contributed by atoms with E-state index in [9.17, 15) is 14.4 Å². The Morgan fingerprint density at radius 3 is 0.821 bits per heavy atom. The van der Waals surface area contributed by atoms with Gasteiger partial charge in [-0.05, 0) is 193 Å². The van der Waals surface area contributed by atoms with Crippen LogP contribution < -0.4 is 32.7 Å². The summed E-state index contributed by atoms with van der Waals surface area (Å²) in [6, 6.07) is -0.237. The Morgan fingerprint density at radius 2 is 0.509 bits per heavy atom. The fraction of sp³-hybridized carbons (Fsp3) is 0.911. The first-order valence-corrected chi connectivity index (χ1v) is 50.6. The van der Waals surface area contributed by atoms with Gasteiger partial charge in [-0.3, -0.25) is 14.9 Å². The van der Waals surface area contributed by atoms with Crippen molar-refractivity contribution in [2.24, 2.45) is 23.3 Å². The van der Waals surface area contributed by atoms with Gasteiger partial charge in [-0.2, -0.15) is 0 Å². The van der Waals surface area contributed by atoms with E-state index in [2.05, 4.69) is 95.2 Å². The van der Waals surface area contributed by atoms with E-state index in [1.807, 2.05) is 0 Å². The minimum Gasteiger partial charge on any atom is -0.338 e. The smallest absolute Gasteiger partial charge is 0.315 e. The average molecular weight is 1570 g/mol. The van der Waals surface area contributed by atoms with E-state index in [4.69, 9.17) is 11.5 Å². The second-order valence-corrected chi connectivity index (χ2v) is 35.1. The van der Waals surface area contributed by atoms with Crippen LogP contribution in [0.1, 0.15) is 496 Å². The van der Waals surface area contributed by atoms with Crippen LogP contribution in [0.3, 0.4) is 0 Å². The number of nitrogens with zero attached hydrogens (tertiary/aromatic N) is 2. The van der Waals surface area contributed by atoms with E-state index >= 15 is 0 Å². The molecule has 0 aromatic heterocycles. The number of hydrogen-bond acceptors (Lipinski definition) is 9. The van der Waals surface area contributed by atoms with Gasteiger partial charge in [0.05, 0.1) is 13.1 Å². The number of rotatable bonds is 97. The molecule has 0 fully saturated rings. The molecule has 0 aliphatic carbocycles. The lowest BCUT2D eigenvalue weighted by Gasteiger charge is -2.26. The van der Waals surface area contributed by atoms with Crippen LogP contribution >= 0.6 is 0 Å². The number of carbonyl (C=O) groups is 3. The van der Waals surface area contributed by atoms with E-state index in [0.29, 0.717) is 63.3 Å². The molecule has 0 saturated carbocycles. The van der Waals surface area contributed by atoms with Crippen molar-refractivity contribution < 1.29 is 14.4 Å². The lowest BCUT2D eigenvalue weighted by molar-refractivity contribution is -0.119. The van der Waals surface area contributed by atoms with Gasteiger partial charge >= 0.3 is 6.03 Å². The summed E-state index contributed by atoms with van der Waals surface area (Å²) in [7, 11) is 0. The molecule has 0 aliphatic heterocycles. The fourth-order valence-corrected chi connectivity index (χ4v) is 16.5. The summed E-state index contributed by atoms with van der Waals surface area (Å²) in [6.07, 6.45) is 109. The third-order valence-corrected chi connectivity index (χ3v) is 24.1. The molecule has 0 rings (SSSR count). The van der Waals surface area contributed by atoms with Crippen molar-refractivity contribution in [2.75, 3.05) is 85.2 Å². The maximum absolute atomic E-state index is 13.3. The first-order chi connectivity index (χ1) is 55.3. The molecule has 8 N–H and O–H groups in total. The average Bonchev–Trinajstić information content (AvgIpc) is 0.988. The molecule has 0 spiro atoms. The van der Waals surface area contributed by atoms with E-state index in [-0.39, 0.29) is 18.4 Å². The molecule has 2 atom stereocenters. The highest BCUT2D eigenvalue weighted by atomic mass is 16.2. The molecule has 0 aliphatic rings. The van der Waals surface area contributed by atoms with Crippen molar-refractivity contribution in [3.63, 3.8) is 0 Å². The highest BCUT2D eigenvalue weighted by molar-refractivity contribution is 5.85. The predicted octanol–water partition coefficient (Wildman–Crippen LogP) is 28.5. The van der Waals surface area contributed by atoms with Crippen LogP contribution in [0.15, 0.2) is 36.5 Å². The van der Waals surface area contributed by atoms with Crippen LogP contribution in [0.2, 0.25) is 0 Å². The molecule has 0 aromatic carbocycles. The zero-order valence-corrected chi connectivity index (χ0v) is 76.2. The summed E-state index contributed by atoms with van der Waals surface area (Å²) in [6.45, 7) is 19.1. The number of allylic oxidation sites excluding steroid dienone is 6. The Balaban J connectivity index is 4.85. The molecule has 11 heteroatoms. The molecule has 11 nitrogen and oxygen atoms in total. The van der Waals surface area contributed by atoms with Crippen LogP contribution in [0.5, 0.6) is 0 Å². The Morgan fingerprint density at radius 1 is 0.259 bits per heavy atom. The van der Waals surface area contributed by atoms with Crippen LogP contribution in [0.4, 0.5) is 4.79 Å². The second-order valence-electron chi connectivity index (χ2n) is 35.1. The molecule has 0 heterocycles. The van der Waals surface area contributed by atoms with Crippen molar-refractivity contribution in [1.29, 1.82) is 0 Å². The topological polar surface area (TPSA) is 158 Å². The second kappa shape index (κ2) is 95.7. The Kier molecular flexibility index (Phi) is 93.7. The molecule has 0 saturated heterocycles. The van der Waals surface area contributed by atoms with E-state index in [0.717, 1.165) is 90.8 Å². The third-order valence-electron chi connectivity index (χ3n) is 24.1. The number of hydrogen-bond donors (Lipinski definition) is 6. The predicted molar refractivity (Wildman–Crippen MR) is 497 cm³/mol. The number of ketones is 2.